The summed E-state index contributed by atoms with van der Waals surface area (Å²) in [4.78, 5) is 16.1. The summed E-state index contributed by atoms with van der Waals surface area (Å²) >= 11 is 0. The van der Waals surface area contributed by atoms with Gasteiger partial charge in [-0.15, -0.1) is 0 Å². The maximum absolute atomic E-state index is 4.72. The molecule has 1 saturated heterocycles. The van der Waals surface area contributed by atoms with Crippen molar-refractivity contribution in [3.63, 3.8) is 0 Å². The van der Waals surface area contributed by atoms with Gasteiger partial charge in [-0.25, -0.2) is 4.98 Å². The maximum Gasteiger partial charge on any atom is 0.226 e. The molecule has 0 unspecified atom stereocenters. The standard InChI is InChI=1S/C15H27N5/c1-4-6-9-18(3)15-16-8-7-14(17-15)20-12-10-19(5-2)11-13-20/h7-8H,4-6,9-13H2,1-3H3. The topological polar surface area (TPSA) is 35.5 Å². The van der Waals surface area contributed by atoms with Crippen LogP contribution in [0.2, 0.25) is 0 Å². The highest BCUT2D eigenvalue weighted by Gasteiger charge is 2.17. The van der Waals surface area contributed by atoms with E-state index in [2.05, 4.69) is 40.6 Å². The third-order valence-electron chi connectivity index (χ3n) is 3.96. The average molecular weight is 277 g/mol. The van der Waals surface area contributed by atoms with Crippen LogP contribution in [-0.4, -0.2) is 61.2 Å². The normalized spacial score (nSPS) is 16.4. The quantitative estimate of drug-likeness (QED) is 0.793. The zero-order valence-corrected chi connectivity index (χ0v) is 13.0. The molecule has 5 heteroatoms. The molecule has 5 nitrogen and oxygen atoms in total. The second-order valence-electron chi connectivity index (χ2n) is 5.41. The number of rotatable bonds is 6. The number of hydrogen-bond donors (Lipinski definition) is 0. The number of piperazine rings is 1. The zero-order valence-electron chi connectivity index (χ0n) is 13.0. The van der Waals surface area contributed by atoms with E-state index in [0.29, 0.717) is 0 Å². The highest BCUT2D eigenvalue weighted by atomic mass is 15.3. The molecule has 1 fully saturated rings. The molecule has 0 atom stereocenters. The second kappa shape index (κ2) is 7.43. The molecule has 1 aliphatic rings. The molecule has 0 saturated carbocycles. The first kappa shape index (κ1) is 15.0. The van der Waals surface area contributed by atoms with Crippen molar-refractivity contribution in [2.75, 3.05) is 56.1 Å². The van der Waals surface area contributed by atoms with Crippen molar-refractivity contribution < 1.29 is 0 Å². The molecule has 1 aromatic heterocycles. The summed E-state index contributed by atoms with van der Waals surface area (Å²) < 4.78 is 0. The molecule has 2 rings (SSSR count). The van der Waals surface area contributed by atoms with E-state index < -0.39 is 0 Å². The van der Waals surface area contributed by atoms with Crippen molar-refractivity contribution in [2.24, 2.45) is 0 Å². The van der Waals surface area contributed by atoms with Crippen molar-refractivity contribution in [3.05, 3.63) is 12.3 Å². The predicted molar refractivity (Wildman–Crippen MR) is 84.5 cm³/mol. The van der Waals surface area contributed by atoms with Gasteiger partial charge in [-0.2, -0.15) is 4.98 Å². The van der Waals surface area contributed by atoms with Crippen LogP contribution in [0.3, 0.4) is 0 Å². The average Bonchev–Trinajstić information content (AvgIpc) is 2.52. The molecular weight excluding hydrogens is 250 g/mol. The van der Waals surface area contributed by atoms with Gasteiger partial charge in [-0.1, -0.05) is 20.3 Å². The summed E-state index contributed by atoms with van der Waals surface area (Å²) in [5.41, 5.74) is 0. The van der Waals surface area contributed by atoms with Gasteiger partial charge in [0.05, 0.1) is 0 Å². The van der Waals surface area contributed by atoms with Gasteiger partial charge in [0.1, 0.15) is 5.82 Å². The molecule has 1 aromatic rings. The van der Waals surface area contributed by atoms with Crippen LogP contribution in [0.25, 0.3) is 0 Å². The fraction of sp³-hybridized carbons (Fsp3) is 0.733. The Hall–Kier alpha value is -1.36. The van der Waals surface area contributed by atoms with Gasteiger partial charge >= 0.3 is 0 Å². The molecule has 0 N–H and O–H groups in total. The van der Waals surface area contributed by atoms with Gasteiger partial charge in [0.25, 0.3) is 0 Å². The molecule has 112 valence electrons. The van der Waals surface area contributed by atoms with Crippen LogP contribution >= 0.6 is 0 Å². The van der Waals surface area contributed by atoms with E-state index in [-0.39, 0.29) is 0 Å². The van der Waals surface area contributed by atoms with E-state index in [9.17, 15) is 0 Å². The number of unbranched alkanes of at least 4 members (excludes halogenated alkanes) is 1. The molecule has 2 heterocycles. The number of anilines is 2. The van der Waals surface area contributed by atoms with E-state index >= 15 is 0 Å². The van der Waals surface area contributed by atoms with Gasteiger partial charge in [0.15, 0.2) is 0 Å². The van der Waals surface area contributed by atoms with Gasteiger partial charge in [-0.05, 0) is 19.0 Å². The first-order valence-corrected chi connectivity index (χ1v) is 7.76. The lowest BCUT2D eigenvalue weighted by Crippen LogP contribution is -2.46. The molecule has 0 radical (unpaired) electrons. The van der Waals surface area contributed by atoms with E-state index in [1.165, 1.54) is 12.8 Å². The number of nitrogens with zero attached hydrogens (tertiary/aromatic N) is 5. The van der Waals surface area contributed by atoms with Crippen LogP contribution in [0.15, 0.2) is 12.3 Å². The van der Waals surface area contributed by atoms with E-state index in [1.54, 1.807) is 0 Å². The summed E-state index contributed by atoms with van der Waals surface area (Å²) in [5, 5.41) is 0. The third-order valence-corrected chi connectivity index (χ3v) is 3.96. The Morgan fingerprint density at radius 3 is 2.60 bits per heavy atom. The fourth-order valence-corrected chi connectivity index (χ4v) is 2.49. The fourth-order valence-electron chi connectivity index (χ4n) is 2.49. The lowest BCUT2D eigenvalue weighted by Gasteiger charge is -2.35. The lowest BCUT2D eigenvalue weighted by molar-refractivity contribution is 0.270. The largest absolute Gasteiger partial charge is 0.354 e. The van der Waals surface area contributed by atoms with Crippen molar-refractivity contribution in [1.82, 2.24) is 14.9 Å². The SMILES string of the molecule is CCCCN(C)c1nccc(N2CCN(CC)CC2)n1. The van der Waals surface area contributed by atoms with Gasteiger partial charge in [0, 0.05) is 46.0 Å². The van der Waals surface area contributed by atoms with Gasteiger partial charge < -0.3 is 14.7 Å². The minimum atomic E-state index is 0.842. The zero-order chi connectivity index (χ0) is 14.4. The van der Waals surface area contributed by atoms with Crippen LogP contribution in [0, 0.1) is 0 Å². The van der Waals surface area contributed by atoms with Gasteiger partial charge in [-0.3, -0.25) is 0 Å². The monoisotopic (exact) mass is 277 g/mol. The molecule has 0 bridgehead atoms. The predicted octanol–water partition coefficient (Wildman–Crippen LogP) is 1.85. The Morgan fingerprint density at radius 2 is 1.95 bits per heavy atom. The van der Waals surface area contributed by atoms with Crippen LogP contribution in [0.1, 0.15) is 26.7 Å². The number of likely N-dealkylation sites (N-methyl/N-ethyl adjacent to an activating group) is 1. The summed E-state index contributed by atoms with van der Waals surface area (Å²) in [6.07, 6.45) is 4.26. The number of aromatic nitrogens is 2. The van der Waals surface area contributed by atoms with E-state index in [0.717, 1.165) is 51.0 Å². The molecular formula is C15H27N5. The Balaban J connectivity index is 1.99. The van der Waals surface area contributed by atoms with Crippen LogP contribution in [0.5, 0.6) is 0 Å². The first-order valence-electron chi connectivity index (χ1n) is 7.76. The summed E-state index contributed by atoms with van der Waals surface area (Å²) in [7, 11) is 2.07. The Labute approximate surface area is 122 Å². The Bertz CT molecular complexity index is 401. The van der Waals surface area contributed by atoms with Crippen molar-refractivity contribution in [3.8, 4) is 0 Å². The highest BCUT2D eigenvalue weighted by molar-refractivity contribution is 5.43. The van der Waals surface area contributed by atoms with E-state index in [1.807, 2.05) is 12.3 Å². The smallest absolute Gasteiger partial charge is 0.226 e. The Morgan fingerprint density at radius 1 is 1.20 bits per heavy atom. The summed E-state index contributed by atoms with van der Waals surface area (Å²) in [5.74, 6) is 1.91. The van der Waals surface area contributed by atoms with Crippen LogP contribution in [0.4, 0.5) is 11.8 Å². The van der Waals surface area contributed by atoms with Crippen LogP contribution in [-0.2, 0) is 0 Å². The lowest BCUT2D eigenvalue weighted by atomic mass is 10.3. The molecule has 0 aliphatic carbocycles. The Kier molecular flexibility index (Phi) is 5.59. The van der Waals surface area contributed by atoms with Crippen molar-refractivity contribution in [1.29, 1.82) is 0 Å². The van der Waals surface area contributed by atoms with E-state index in [4.69, 9.17) is 4.98 Å². The van der Waals surface area contributed by atoms with Crippen molar-refractivity contribution in [2.45, 2.75) is 26.7 Å². The molecule has 20 heavy (non-hydrogen) atoms. The minimum Gasteiger partial charge on any atom is -0.354 e. The third kappa shape index (κ3) is 3.82. The minimum absolute atomic E-state index is 0.842. The summed E-state index contributed by atoms with van der Waals surface area (Å²) in [6, 6.07) is 2.03. The first-order chi connectivity index (χ1) is 9.74. The molecule has 0 aromatic carbocycles. The van der Waals surface area contributed by atoms with Gasteiger partial charge in [0.2, 0.25) is 5.95 Å². The molecule has 0 amide bonds. The van der Waals surface area contributed by atoms with Crippen molar-refractivity contribution >= 4 is 11.8 Å². The molecule has 1 aliphatic heterocycles. The second-order valence-corrected chi connectivity index (χ2v) is 5.41. The number of hydrogen-bond acceptors (Lipinski definition) is 5. The summed E-state index contributed by atoms with van der Waals surface area (Å²) in [6.45, 7) is 11.0. The van der Waals surface area contributed by atoms with Crippen LogP contribution < -0.4 is 9.80 Å². The highest BCUT2D eigenvalue weighted by Crippen LogP contribution is 2.16. The maximum atomic E-state index is 4.72. The molecule has 0 spiro atoms.